The number of carbonyl (C=O) groups excluding carboxylic acids is 1. The standard InChI is InChI=1S/C9H11N.C4H8O2/c10-9-5-7-3-1-2-4-8(7)6-9;1-3-6-4(2)5/h1-4,9H,5-6,10H2;3H2,1-2H3. The van der Waals surface area contributed by atoms with E-state index in [-0.39, 0.29) is 5.97 Å². The summed E-state index contributed by atoms with van der Waals surface area (Å²) in [7, 11) is 0. The quantitative estimate of drug-likeness (QED) is 0.734. The van der Waals surface area contributed by atoms with Crippen molar-refractivity contribution >= 4 is 5.97 Å². The van der Waals surface area contributed by atoms with Crippen molar-refractivity contribution in [3.05, 3.63) is 35.4 Å². The monoisotopic (exact) mass is 221 g/mol. The minimum absolute atomic E-state index is 0.211. The van der Waals surface area contributed by atoms with Crippen LogP contribution in [-0.4, -0.2) is 18.6 Å². The molecule has 3 nitrogen and oxygen atoms in total. The van der Waals surface area contributed by atoms with Gasteiger partial charge >= 0.3 is 5.97 Å². The molecular weight excluding hydrogens is 202 g/mol. The fourth-order valence-corrected chi connectivity index (χ4v) is 1.80. The molecule has 0 heterocycles. The predicted octanol–water partition coefficient (Wildman–Crippen LogP) is 1.68. The van der Waals surface area contributed by atoms with Gasteiger partial charge in [0.15, 0.2) is 0 Å². The molecule has 0 aliphatic heterocycles. The second-order valence-corrected chi connectivity index (χ2v) is 3.86. The Morgan fingerprint density at radius 2 is 1.88 bits per heavy atom. The molecule has 0 saturated heterocycles. The van der Waals surface area contributed by atoms with Crippen LogP contribution in [0.15, 0.2) is 24.3 Å². The van der Waals surface area contributed by atoms with E-state index in [0.29, 0.717) is 12.6 Å². The van der Waals surface area contributed by atoms with E-state index in [1.807, 2.05) is 0 Å². The summed E-state index contributed by atoms with van der Waals surface area (Å²) >= 11 is 0. The molecule has 2 rings (SSSR count). The van der Waals surface area contributed by atoms with E-state index in [2.05, 4.69) is 29.0 Å². The summed E-state index contributed by atoms with van der Waals surface area (Å²) < 4.78 is 4.40. The maximum Gasteiger partial charge on any atom is 0.302 e. The SMILES string of the molecule is CCOC(C)=O.NC1Cc2ccccc2C1. The molecule has 0 spiro atoms. The van der Waals surface area contributed by atoms with Gasteiger partial charge in [0.1, 0.15) is 0 Å². The molecule has 1 aliphatic carbocycles. The zero-order valence-electron chi connectivity index (χ0n) is 9.90. The molecule has 2 N–H and O–H groups in total. The third kappa shape index (κ3) is 4.03. The van der Waals surface area contributed by atoms with Crippen LogP contribution in [0.1, 0.15) is 25.0 Å². The Hall–Kier alpha value is -1.35. The summed E-state index contributed by atoms with van der Waals surface area (Å²) in [6.45, 7) is 3.65. The first kappa shape index (κ1) is 12.7. The summed E-state index contributed by atoms with van der Waals surface area (Å²) in [5, 5.41) is 0. The van der Waals surface area contributed by atoms with Crippen molar-refractivity contribution in [3.63, 3.8) is 0 Å². The maximum atomic E-state index is 9.82. The molecule has 1 aromatic carbocycles. The van der Waals surface area contributed by atoms with Crippen molar-refractivity contribution in [2.75, 3.05) is 6.61 Å². The van der Waals surface area contributed by atoms with Gasteiger partial charge in [-0.2, -0.15) is 0 Å². The van der Waals surface area contributed by atoms with E-state index < -0.39 is 0 Å². The molecule has 0 unspecified atom stereocenters. The maximum absolute atomic E-state index is 9.82. The van der Waals surface area contributed by atoms with Crippen LogP contribution in [0.5, 0.6) is 0 Å². The summed E-state index contributed by atoms with van der Waals surface area (Å²) in [6, 6.07) is 8.87. The lowest BCUT2D eigenvalue weighted by Crippen LogP contribution is -2.18. The highest BCUT2D eigenvalue weighted by Crippen LogP contribution is 2.19. The molecule has 1 aromatic rings. The normalized spacial score (nSPS) is 13.7. The Labute approximate surface area is 96.6 Å². The Kier molecular flexibility index (Phi) is 4.99. The van der Waals surface area contributed by atoms with Gasteiger partial charge in [0.05, 0.1) is 6.61 Å². The summed E-state index contributed by atoms with van der Waals surface area (Å²) in [4.78, 5) is 9.82. The smallest absolute Gasteiger partial charge is 0.302 e. The highest BCUT2D eigenvalue weighted by atomic mass is 16.5. The minimum atomic E-state index is -0.211. The van der Waals surface area contributed by atoms with E-state index in [1.165, 1.54) is 18.1 Å². The zero-order chi connectivity index (χ0) is 12.0. The molecule has 0 atom stereocenters. The predicted molar refractivity (Wildman–Crippen MR) is 64.1 cm³/mol. The number of hydrogen-bond acceptors (Lipinski definition) is 3. The largest absolute Gasteiger partial charge is 0.466 e. The Bertz CT molecular complexity index is 325. The number of ether oxygens (including phenoxy) is 1. The number of fused-ring (bicyclic) bond motifs is 1. The highest BCUT2D eigenvalue weighted by molar-refractivity contribution is 5.65. The molecule has 0 radical (unpaired) electrons. The number of carbonyl (C=O) groups is 1. The summed E-state index contributed by atoms with van der Waals surface area (Å²) in [5.41, 5.74) is 8.66. The first-order valence-corrected chi connectivity index (χ1v) is 5.59. The van der Waals surface area contributed by atoms with Crippen LogP contribution in [0.25, 0.3) is 0 Å². The molecule has 88 valence electrons. The van der Waals surface area contributed by atoms with Crippen molar-refractivity contribution in [2.24, 2.45) is 5.73 Å². The van der Waals surface area contributed by atoms with Crippen LogP contribution >= 0.6 is 0 Å². The number of hydrogen-bond donors (Lipinski definition) is 1. The van der Waals surface area contributed by atoms with Crippen molar-refractivity contribution in [2.45, 2.75) is 32.7 Å². The number of esters is 1. The topological polar surface area (TPSA) is 52.3 Å². The van der Waals surface area contributed by atoms with Gasteiger partial charge in [-0.15, -0.1) is 0 Å². The van der Waals surface area contributed by atoms with Gasteiger partial charge in [-0.05, 0) is 30.9 Å². The van der Waals surface area contributed by atoms with Crippen LogP contribution in [-0.2, 0) is 22.4 Å². The lowest BCUT2D eigenvalue weighted by atomic mass is 10.1. The van der Waals surface area contributed by atoms with E-state index in [4.69, 9.17) is 5.73 Å². The van der Waals surface area contributed by atoms with Crippen LogP contribution in [0.3, 0.4) is 0 Å². The average molecular weight is 221 g/mol. The Balaban J connectivity index is 0.000000187. The Morgan fingerprint density at radius 1 is 1.38 bits per heavy atom. The molecule has 0 bridgehead atoms. The van der Waals surface area contributed by atoms with Gasteiger partial charge in [-0.1, -0.05) is 24.3 Å². The Morgan fingerprint density at radius 3 is 2.19 bits per heavy atom. The first-order valence-electron chi connectivity index (χ1n) is 5.59. The lowest BCUT2D eigenvalue weighted by Gasteiger charge is -1.94. The number of benzene rings is 1. The molecule has 3 heteroatoms. The van der Waals surface area contributed by atoms with E-state index >= 15 is 0 Å². The molecule has 1 aliphatic rings. The van der Waals surface area contributed by atoms with Gasteiger partial charge in [-0.25, -0.2) is 0 Å². The lowest BCUT2D eigenvalue weighted by molar-refractivity contribution is -0.140. The third-order valence-corrected chi connectivity index (χ3v) is 2.43. The van der Waals surface area contributed by atoms with Crippen molar-refractivity contribution in [3.8, 4) is 0 Å². The van der Waals surface area contributed by atoms with Gasteiger partial charge in [0, 0.05) is 13.0 Å². The molecular formula is C13H19NO2. The second kappa shape index (κ2) is 6.28. The molecule has 0 saturated carbocycles. The van der Waals surface area contributed by atoms with Crippen LogP contribution in [0.4, 0.5) is 0 Å². The number of nitrogens with two attached hydrogens (primary N) is 1. The summed E-state index contributed by atoms with van der Waals surface area (Å²) in [6.07, 6.45) is 2.13. The van der Waals surface area contributed by atoms with Crippen molar-refractivity contribution in [1.29, 1.82) is 0 Å². The first-order chi connectivity index (χ1) is 7.63. The molecule has 0 fully saturated rings. The van der Waals surface area contributed by atoms with Crippen LogP contribution in [0, 0.1) is 0 Å². The molecule has 16 heavy (non-hydrogen) atoms. The van der Waals surface area contributed by atoms with E-state index in [0.717, 1.165) is 12.8 Å². The van der Waals surface area contributed by atoms with E-state index in [9.17, 15) is 4.79 Å². The van der Waals surface area contributed by atoms with Crippen molar-refractivity contribution in [1.82, 2.24) is 0 Å². The molecule has 0 aromatic heterocycles. The van der Waals surface area contributed by atoms with Gasteiger partial charge < -0.3 is 10.5 Å². The fourth-order valence-electron chi connectivity index (χ4n) is 1.80. The third-order valence-electron chi connectivity index (χ3n) is 2.43. The zero-order valence-corrected chi connectivity index (χ0v) is 9.90. The average Bonchev–Trinajstić information content (AvgIpc) is 2.58. The number of rotatable bonds is 1. The second-order valence-electron chi connectivity index (χ2n) is 3.86. The van der Waals surface area contributed by atoms with Gasteiger partial charge in [-0.3, -0.25) is 4.79 Å². The summed E-state index contributed by atoms with van der Waals surface area (Å²) in [5.74, 6) is -0.211. The van der Waals surface area contributed by atoms with Gasteiger partial charge in [0.2, 0.25) is 0 Å². The minimum Gasteiger partial charge on any atom is -0.466 e. The highest BCUT2D eigenvalue weighted by Gasteiger charge is 2.15. The van der Waals surface area contributed by atoms with Crippen LogP contribution in [0.2, 0.25) is 0 Å². The fraction of sp³-hybridized carbons (Fsp3) is 0.462. The van der Waals surface area contributed by atoms with Crippen molar-refractivity contribution < 1.29 is 9.53 Å². The van der Waals surface area contributed by atoms with Gasteiger partial charge in [0.25, 0.3) is 0 Å². The molecule has 0 amide bonds. The van der Waals surface area contributed by atoms with Crippen LogP contribution < -0.4 is 5.73 Å². The van der Waals surface area contributed by atoms with E-state index in [1.54, 1.807) is 6.92 Å².